The molecule has 0 aliphatic rings. The van der Waals surface area contributed by atoms with Gasteiger partial charge in [0.05, 0.1) is 5.88 Å². The van der Waals surface area contributed by atoms with E-state index < -0.39 is 0 Å². The summed E-state index contributed by atoms with van der Waals surface area (Å²) in [5.74, 6) is 2.08. The molecule has 2 rings (SSSR count). The van der Waals surface area contributed by atoms with E-state index in [9.17, 15) is 0 Å². The highest BCUT2D eigenvalue weighted by atomic mass is 35.5. The summed E-state index contributed by atoms with van der Waals surface area (Å²) in [7, 11) is 0. The van der Waals surface area contributed by atoms with E-state index in [1.54, 1.807) is 6.20 Å². The van der Waals surface area contributed by atoms with Gasteiger partial charge < -0.3 is 4.74 Å². The summed E-state index contributed by atoms with van der Waals surface area (Å²) in [6.07, 6.45) is 2.71. The largest absolute Gasteiger partial charge is 0.457 e. The molecule has 0 spiro atoms. The van der Waals surface area contributed by atoms with E-state index in [4.69, 9.17) is 16.3 Å². The Morgan fingerprint density at radius 3 is 2.67 bits per heavy atom. The fraction of sp³-hybridized carbons (Fsp3) is 0.267. The van der Waals surface area contributed by atoms with Crippen LogP contribution in [0.15, 0.2) is 36.5 Å². The van der Waals surface area contributed by atoms with Crippen LogP contribution in [0.2, 0.25) is 0 Å². The van der Waals surface area contributed by atoms with E-state index in [0.29, 0.717) is 5.88 Å². The van der Waals surface area contributed by atoms with Crippen molar-refractivity contribution < 1.29 is 4.74 Å². The second-order valence-electron chi connectivity index (χ2n) is 4.13. The Morgan fingerprint density at radius 2 is 1.94 bits per heavy atom. The fourth-order valence-electron chi connectivity index (χ4n) is 1.77. The van der Waals surface area contributed by atoms with Crippen molar-refractivity contribution in [3.8, 4) is 11.5 Å². The zero-order valence-electron chi connectivity index (χ0n) is 10.6. The van der Waals surface area contributed by atoms with Gasteiger partial charge in [0.25, 0.3) is 0 Å². The molecule has 0 amide bonds. The number of benzene rings is 1. The van der Waals surface area contributed by atoms with Gasteiger partial charge in [-0.2, -0.15) is 0 Å². The molecule has 0 aliphatic carbocycles. The lowest BCUT2D eigenvalue weighted by atomic mass is 10.1. The lowest BCUT2D eigenvalue weighted by Gasteiger charge is -2.12. The number of hydrogen-bond donors (Lipinski definition) is 0. The van der Waals surface area contributed by atoms with Gasteiger partial charge in [-0.15, -0.1) is 11.6 Å². The molecule has 3 heteroatoms. The van der Waals surface area contributed by atoms with Gasteiger partial charge in [0.15, 0.2) is 0 Å². The number of ether oxygens (including phenoxy) is 1. The molecule has 0 bridgehead atoms. The minimum atomic E-state index is 0.400. The summed E-state index contributed by atoms with van der Waals surface area (Å²) in [6.45, 7) is 4.05. The van der Waals surface area contributed by atoms with Gasteiger partial charge in [-0.3, -0.25) is 4.98 Å². The second kappa shape index (κ2) is 5.87. The quantitative estimate of drug-likeness (QED) is 0.757. The minimum absolute atomic E-state index is 0.400. The number of halogens is 1. The molecule has 0 saturated heterocycles. The van der Waals surface area contributed by atoms with Gasteiger partial charge in [0, 0.05) is 23.5 Å². The number of aromatic nitrogens is 1. The van der Waals surface area contributed by atoms with E-state index in [2.05, 4.69) is 18.0 Å². The van der Waals surface area contributed by atoms with Crippen LogP contribution in [0.3, 0.4) is 0 Å². The number of aryl methyl sites for hydroxylation is 2. The molecule has 0 saturated carbocycles. The van der Waals surface area contributed by atoms with Crippen molar-refractivity contribution in [1.82, 2.24) is 4.98 Å². The standard InChI is InChI=1S/C15H16ClNO/c1-3-12-6-4-5-7-14(12)18-15-8-11(2)17-10-13(15)9-16/h4-8,10H,3,9H2,1-2H3. The maximum atomic E-state index is 5.98. The zero-order valence-corrected chi connectivity index (χ0v) is 11.4. The van der Waals surface area contributed by atoms with E-state index in [1.165, 1.54) is 5.56 Å². The van der Waals surface area contributed by atoms with Gasteiger partial charge in [-0.25, -0.2) is 0 Å². The third-order valence-corrected chi connectivity index (χ3v) is 3.09. The summed E-state index contributed by atoms with van der Waals surface area (Å²) < 4.78 is 5.98. The molecule has 2 nitrogen and oxygen atoms in total. The van der Waals surface area contributed by atoms with Gasteiger partial charge >= 0.3 is 0 Å². The molecule has 18 heavy (non-hydrogen) atoms. The molecule has 2 aromatic rings. The monoisotopic (exact) mass is 261 g/mol. The highest BCUT2D eigenvalue weighted by Gasteiger charge is 2.08. The Balaban J connectivity index is 2.36. The average Bonchev–Trinajstić information content (AvgIpc) is 2.40. The van der Waals surface area contributed by atoms with Crippen molar-refractivity contribution in [3.63, 3.8) is 0 Å². The second-order valence-corrected chi connectivity index (χ2v) is 4.40. The van der Waals surface area contributed by atoms with Gasteiger partial charge in [-0.05, 0) is 25.0 Å². The maximum Gasteiger partial charge on any atom is 0.135 e. The molecule has 1 heterocycles. The summed E-state index contributed by atoms with van der Waals surface area (Å²) in [5.41, 5.74) is 3.02. The van der Waals surface area contributed by atoms with Gasteiger partial charge in [-0.1, -0.05) is 25.1 Å². The molecule has 0 atom stereocenters. The fourth-order valence-corrected chi connectivity index (χ4v) is 1.97. The molecule has 0 radical (unpaired) electrons. The predicted molar refractivity (Wildman–Crippen MR) is 74.4 cm³/mol. The van der Waals surface area contributed by atoms with Crippen LogP contribution in [0.4, 0.5) is 0 Å². The van der Waals surface area contributed by atoms with Crippen LogP contribution in [0.25, 0.3) is 0 Å². The summed E-state index contributed by atoms with van der Waals surface area (Å²) in [5, 5.41) is 0. The SMILES string of the molecule is CCc1ccccc1Oc1cc(C)ncc1CCl. The first-order valence-corrected chi connectivity index (χ1v) is 6.55. The van der Waals surface area contributed by atoms with Gasteiger partial charge in [0.1, 0.15) is 11.5 Å². The van der Waals surface area contributed by atoms with Crippen LogP contribution in [-0.4, -0.2) is 4.98 Å². The number of para-hydroxylation sites is 1. The molecule has 1 aromatic heterocycles. The van der Waals surface area contributed by atoms with Crippen molar-refractivity contribution in [3.05, 3.63) is 53.3 Å². The van der Waals surface area contributed by atoms with Crippen LogP contribution < -0.4 is 4.74 Å². The number of rotatable bonds is 4. The first kappa shape index (κ1) is 12.9. The Hall–Kier alpha value is -1.54. The lowest BCUT2D eigenvalue weighted by Crippen LogP contribution is -1.95. The van der Waals surface area contributed by atoms with Crippen molar-refractivity contribution >= 4 is 11.6 Å². The zero-order chi connectivity index (χ0) is 13.0. The lowest BCUT2D eigenvalue weighted by molar-refractivity contribution is 0.471. The molecule has 0 unspecified atom stereocenters. The Bertz CT molecular complexity index is 540. The number of alkyl halides is 1. The van der Waals surface area contributed by atoms with Crippen molar-refractivity contribution in [2.45, 2.75) is 26.1 Å². The maximum absolute atomic E-state index is 5.98. The van der Waals surface area contributed by atoms with Crippen LogP contribution in [0.5, 0.6) is 11.5 Å². The first-order chi connectivity index (χ1) is 8.74. The third kappa shape index (κ3) is 2.82. The third-order valence-electron chi connectivity index (χ3n) is 2.80. The van der Waals surface area contributed by atoms with E-state index >= 15 is 0 Å². The number of pyridine rings is 1. The predicted octanol–water partition coefficient (Wildman–Crippen LogP) is 4.48. The summed E-state index contributed by atoms with van der Waals surface area (Å²) in [4.78, 5) is 4.23. The molecular weight excluding hydrogens is 246 g/mol. The highest BCUT2D eigenvalue weighted by Crippen LogP contribution is 2.29. The number of hydrogen-bond acceptors (Lipinski definition) is 2. The Morgan fingerprint density at radius 1 is 1.17 bits per heavy atom. The molecule has 94 valence electrons. The molecular formula is C15H16ClNO. The van der Waals surface area contributed by atoms with Crippen LogP contribution >= 0.6 is 11.6 Å². The van der Waals surface area contributed by atoms with E-state index in [0.717, 1.165) is 29.2 Å². The topological polar surface area (TPSA) is 22.1 Å². The van der Waals surface area contributed by atoms with Crippen molar-refractivity contribution in [1.29, 1.82) is 0 Å². The molecule has 1 aromatic carbocycles. The van der Waals surface area contributed by atoms with Crippen LogP contribution in [0.1, 0.15) is 23.7 Å². The Labute approximate surface area is 113 Å². The van der Waals surface area contributed by atoms with E-state index in [1.807, 2.05) is 31.2 Å². The van der Waals surface area contributed by atoms with Gasteiger partial charge in [0.2, 0.25) is 0 Å². The molecule has 0 N–H and O–H groups in total. The number of nitrogens with zero attached hydrogens (tertiary/aromatic N) is 1. The summed E-state index contributed by atoms with van der Waals surface area (Å²) in [6, 6.07) is 9.97. The normalized spacial score (nSPS) is 10.4. The van der Waals surface area contributed by atoms with Crippen LogP contribution in [-0.2, 0) is 12.3 Å². The smallest absolute Gasteiger partial charge is 0.135 e. The minimum Gasteiger partial charge on any atom is -0.457 e. The average molecular weight is 262 g/mol. The summed E-state index contributed by atoms with van der Waals surface area (Å²) >= 11 is 5.90. The first-order valence-electron chi connectivity index (χ1n) is 6.01. The molecule has 0 fully saturated rings. The van der Waals surface area contributed by atoms with Crippen molar-refractivity contribution in [2.24, 2.45) is 0 Å². The highest BCUT2D eigenvalue weighted by molar-refractivity contribution is 6.17. The van der Waals surface area contributed by atoms with E-state index in [-0.39, 0.29) is 0 Å². The van der Waals surface area contributed by atoms with Crippen LogP contribution in [0, 0.1) is 6.92 Å². The van der Waals surface area contributed by atoms with Crippen molar-refractivity contribution in [2.75, 3.05) is 0 Å². The Kier molecular flexibility index (Phi) is 4.21. The molecule has 0 aliphatic heterocycles.